The minimum Gasteiger partial charge on any atom is -0.325 e. The monoisotopic (exact) mass is 592 g/mol. The summed E-state index contributed by atoms with van der Waals surface area (Å²) in [5, 5.41) is 5.01. The Morgan fingerprint density at radius 2 is 1.75 bits per heavy atom. The number of carbonyl (C=O) groups is 3. The lowest BCUT2D eigenvalue weighted by atomic mass is 9.86. The second-order valence-electron chi connectivity index (χ2n) is 10.8. The van der Waals surface area contributed by atoms with Crippen molar-refractivity contribution < 1.29 is 35.6 Å². The Morgan fingerprint density at radius 3 is 2.40 bits per heavy atom. The average molecular weight is 593 g/mol. The van der Waals surface area contributed by atoms with Crippen LogP contribution in [0, 0.1) is 17.7 Å². The maximum atomic E-state index is 14.1. The number of carbonyl (C=O) groups excluding carboxylic acids is 3. The first-order valence-electron chi connectivity index (χ1n) is 12.8. The Hall–Kier alpha value is -3.36. The number of piperidine rings is 1. The highest BCUT2D eigenvalue weighted by Crippen LogP contribution is 2.41. The molecule has 2 N–H and O–H groups in total. The highest BCUT2D eigenvalue weighted by atomic mass is 32.2. The van der Waals surface area contributed by atoms with Crippen LogP contribution >= 0.6 is 0 Å². The fourth-order valence-electron chi connectivity index (χ4n) is 5.77. The molecule has 214 valence electrons. The van der Waals surface area contributed by atoms with E-state index in [1.807, 2.05) is 13.8 Å². The normalized spacial score (nSPS) is 26.4. The largest absolute Gasteiger partial charge is 0.325 e. The van der Waals surface area contributed by atoms with E-state index in [2.05, 4.69) is 10.6 Å². The van der Waals surface area contributed by atoms with Gasteiger partial charge in [-0.15, -0.1) is 0 Å². The number of nitrogens with zero attached hydrogens (tertiary/aromatic N) is 2. The number of hydrogen-bond donors (Lipinski definition) is 2. The number of halogens is 1. The van der Waals surface area contributed by atoms with E-state index in [0.717, 1.165) is 24.6 Å². The van der Waals surface area contributed by atoms with E-state index in [9.17, 15) is 35.6 Å². The minimum absolute atomic E-state index is 0.0842. The molecule has 3 aliphatic heterocycles. The maximum Gasteiger partial charge on any atom is 0.325 e. The number of anilines is 1. The number of nitrogens with one attached hydrogen (secondary N) is 2. The third kappa shape index (κ3) is 4.88. The molecule has 0 bridgehead atoms. The number of fused-ring (bicyclic) bond motifs is 2. The van der Waals surface area contributed by atoms with Crippen molar-refractivity contribution in [2.45, 2.75) is 42.0 Å². The highest BCUT2D eigenvalue weighted by molar-refractivity contribution is 7.91. The van der Waals surface area contributed by atoms with Crippen molar-refractivity contribution in [1.29, 1.82) is 0 Å². The van der Waals surface area contributed by atoms with Crippen LogP contribution in [0.1, 0.15) is 32.3 Å². The molecule has 3 heterocycles. The van der Waals surface area contributed by atoms with Gasteiger partial charge in [0.1, 0.15) is 17.9 Å². The third-order valence-electron chi connectivity index (χ3n) is 7.57. The predicted molar refractivity (Wildman–Crippen MR) is 142 cm³/mol. The van der Waals surface area contributed by atoms with E-state index in [4.69, 9.17) is 0 Å². The predicted octanol–water partition coefficient (Wildman–Crippen LogP) is 2.06. The topological polar surface area (TPSA) is 150 Å². The molecule has 14 heteroatoms. The molecule has 2 fully saturated rings. The van der Waals surface area contributed by atoms with Gasteiger partial charge in [0.05, 0.1) is 15.5 Å². The first-order chi connectivity index (χ1) is 18.7. The Bertz CT molecular complexity index is 1600. The van der Waals surface area contributed by atoms with Gasteiger partial charge in [-0.3, -0.25) is 14.5 Å². The van der Waals surface area contributed by atoms with Crippen LogP contribution in [0.25, 0.3) is 0 Å². The van der Waals surface area contributed by atoms with Crippen LogP contribution in [0.2, 0.25) is 0 Å². The van der Waals surface area contributed by atoms with Gasteiger partial charge in [-0.1, -0.05) is 13.8 Å². The van der Waals surface area contributed by atoms with Crippen LogP contribution in [-0.4, -0.2) is 69.3 Å². The number of sulfone groups is 1. The van der Waals surface area contributed by atoms with Crippen molar-refractivity contribution in [2.75, 3.05) is 30.7 Å². The van der Waals surface area contributed by atoms with Crippen molar-refractivity contribution in [2.24, 2.45) is 11.8 Å². The van der Waals surface area contributed by atoms with Crippen LogP contribution in [0.4, 0.5) is 14.9 Å². The summed E-state index contributed by atoms with van der Waals surface area (Å²) < 4.78 is 66.8. The van der Waals surface area contributed by atoms with Crippen molar-refractivity contribution in [1.82, 2.24) is 14.5 Å². The molecule has 0 aliphatic carbocycles. The van der Waals surface area contributed by atoms with E-state index in [1.165, 1.54) is 28.6 Å². The number of urea groups is 1. The SMILES string of the molecule is C[C@@H]1C[C@@H](C)CN(S(=O)(=O)c2ccc(NC(=O)CN3C(=O)N[C@@]4(CCS(=O)(=O)c5ccc(F)cc54)C3=O)cc2)C1. The van der Waals surface area contributed by atoms with Gasteiger partial charge >= 0.3 is 6.03 Å². The molecule has 40 heavy (non-hydrogen) atoms. The van der Waals surface area contributed by atoms with Crippen molar-refractivity contribution >= 4 is 43.4 Å². The molecule has 0 unspecified atom stereocenters. The Kier molecular flexibility index (Phi) is 6.99. The highest BCUT2D eigenvalue weighted by Gasteiger charge is 2.56. The molecule has 3 aliphatic rings. The zero-order valence-corrected chi connectivity index (χ0v) is 23.5. The molecule has 0 aromatic heterocycles. The zero-order chi connectivity index (χ0) is 29.0. The summed E-state index contributed by atoms with van der Waals surface area (Å²) in [5.41, 5.74) is -1.73. The molecule has 4 amide bonds. The molecular formula is C26H29FN4O7S2. The summed E-state index contributed by atoms with van der Waals surface area (Å²) >= 11 is 0. The van der Waals surface area contributed by atoms with E-state index < -0.39 is 61.4 Å². The smallest absolute Gasteiger partial charge is 0.325 e. The average Bonchev–Trinajstić information content (AvgIpc) is 3.11. The number of rotatable bonds is 5. The summed E-state index contributed by atoms with van der Waals surface area (Å²) in [7, 11) is -7.50. The molecule has 2 aromatic rings. The lowest BCUT2D eigenvalue weighted by Crippen LogP contribution is -2.49. The van der Waals surface area contributed by atoms with Gasteiger partial charge in [0, 0.05) is 24.3 Å². The van der Waals surface area contributed by atoms with Gasteiger partial charge in [-0.2, -0.15) is 4.31 Å². The van der Waals surface area contributed by atoms with Gasteiger partial charge in [0.15, 0.2) is 9.84 Å². The molecular weight excluding hydrogens is 563 g/mol. The summed E-state index contributed by atoms with van der Waals surface area (Å²) in [6, 6.07) is 7.62. The molecule has 0 saturated carbocycles. The zero-order valence-electron chi connectivity index (χ0n) is 21.9. The summed E-state index contributed by atoms with van der Waals surface area (Å²) in [4.78, 5) is 39.4. The number of benzene rings is 2. The van der Waals surface area contributed by atoms with Gasteiger partial charge < -0.3 is 10.6 Å². The molecule has 2 aromatic carbocycles. The van der Waals surface area contributed by atoms with Crippen molar-refractivity contribution in [3.63, 3.8) is 0 Å². The number of sulfonamides is 1. The maximum absolute atomic E-state index is 14.1. The van der Waals surface area contributed by atoms with Crippen LogP contribution in [0.5, 0.6) is 0 Å². The Balaban J connectivity index is 1.30. The van der Waals surface area contributed by atoms with Gasteiger partial charge in [0.25, 0.3) is 5.91 Å². The molecule has 11 nitrogen and oxygen atoms in total. The fourth-order valence-corrected chi connectivity index (χ4v) is 9.08. The van der Waals surface area contributed by atoms with Crippen LogP contribution < -0.4 is 10.6 Å². The van der Waals surface area contributed by atoms with E-state index >= 15 is 0 Å². The fraction of sp³-hybridized carbons (Fsp3) is 0.423. The Morgan fingerprint density at radius 1 is 1.10 bits per heavy atom. The quantitative estimate of drug-likeness (QED) is 0.399. The summed E-state index contributed by atoms with van der Waals surface area (Å²) in [6.45, 7) is 4.20. The van der Waals surface area contributed by atoms with E-state index in [1.54, 1.807) is 0 Å². The van der Waals surface area contributed by atoms with Crippen LogP contribution in [-0.2, 0) is 35.0 Å². The van der Waals surface area contributed by atoms with Crippen LogP contribution in [0.3, 0.4) is 0 Å². The van der Waals surface area contributed by atoms with Crippen molar-refractivity contribution in [3.8, 4) is 0 Å². The van der Waals surface area contributed by atoms with Gasteiger partial charge in [-0.25, -0.2) is 26.0 Å². The second-order valence-corrected chi connectivity index (χ2v) is 14.8. The number of imide groups is 1. The first-order valence-corrected chi connectivity index (χ1v) is 15.9. The van der Waals surface area contributed by atoms with E-state index in [-0.39, 0.29) is 39.3 Å². The lowest BCUT2D eigenvalue weighted by Gasteiger charge is -2.34. The van der Waals surface area contributed by atoms with Gasteiger partial charge in [0.2, 0.25) is 15.9 Å². The second kappa shape index (κ2) is 9.93. The molecule has 1 spiro atoms. The van der Waals surface area contributed by atoms with E-state index in [0.29, 0.717) is 18.0 Å². The number of hydrogen-bond acceptors (Lipinski definition) is 7. The Labute approximate surface area is 231 Å². The molecule has 2 saturated heterocycles. The van der Waals surface area contributed by atoms with Gasteiger partial charge in [-0.05, 0) is 67.1 Å². The number of amides is 4. The molecule has 3 atom stereocenters. The summed E-state index contributed by atoms with van der Waals surface area (Å²) in [5.74, 6) is -2.33. The molecule has 5 rings (SSSR count). The first kappa shape index (κ1) is 28.2. The lowest BCUT2D eigenvalue weighted by molar-refractivity contribution is -0.134. The summed E-state index contributed by atoms with van der Waals surface area (Å²) in [6.07, 6.45) is 0.650. The van der Waals surface area contributed by atoms with Crippen molar-refractivity contribution in [3.05, 3.63) is 53.8 Å². The van der Waals surface area contributed by atoms with Crippen LogP contribution in [0.15, 0.2) is 52.3 Å². The minimum atomic E-state index is -3.79. The third-order valence-corrected chi connectivity index (χ3v) is 11.2. The standard InChI is InChI=1S/C26H29FN4O7S2/c1-16-11-17(2)14-30(13-16)40(37,38)20-6-4-19(5-7-20)28-23(32)15-31-24(33)26(29-25(31)34)9-10-39(35,36)22-8-3-18(27)12-21(22)26/h3-8,12,16-17H,9-11,13-15H2,1-2H3,(H,28,32)(H,29,34)/t16-,17-,26-/m1/s1. The molecule has 0 radical (unpaired) electrons.